The van der Waals surface area contributed by atoms with Crippen LogP contribution in [-0.4, -0.2) is 13.1 Å². The molecule has 2 aliphatic rings. The highest BCUT2D eigenvalue weighted by molar-refractivity contribution is 6.00. The van der Waals surface area contributed by atoms with Gasteiger partial charge in [0.2, 0.25) is 0 Å². The quantitative estimate of drug-likeness (QED) is 0.365. The molecule has 4 rings (SSSR count). The normalized spacial score (nSPS) is 20.6. The third-order valence-corrected chi connectivity index (χ3v) is 4.84. The van der Waals surface area contributed by atoms with Crippen LogP contribution in [0, 0.1) is 6.92 Å². The van der Waals surface area contributed by atoms with Gasteiger partial charge in [-0.05, 0) is 19.4 Å². The fourth-order valence-electron chi connectivity index (χ4n) is 3.91. The van der Waals surface area contributed by atoms with Gasteiger partial charge in [0.15, 0.2) is 0 Å². The van der Waals surface area contributed by atoms with E-state index in [4.69, 9.17) is 9.47 Å². The molecule has 0 aromatic heterocycles. The van der Waals surface area contributed by atoms with Crippen LogP contribution in [0.3, 0.4) is 0 Å². The summed E-state index contributed by atoms with van der Waals surface area (Å²) in [6.07, 6.45) is 6.67. The summed E-state index contributed by atoms with van der Waals surface area (Å²) in [5.74, 6) is 1.79. The zero-order chi connectivity index (χ0) is 16.1. The Morgan fingerprint density at radius 2 is 1.87 bits per heavy atom. The molecule has 2 aromatic carbocycles. The molecule has 0 N–H and O–H groups in total. The van der Waals surface area contributed by atoms with Crippen LogP contribution in [-0.2, 0) is 4.79 Å². The molecule has 0 saturated carbocycles. The Labute approximate surface area is 135 Å². The number of rotatable bonds is 3. The minimum Gasteiger partial charge on any atom is -0.496 e. The average molecular weight is 306 g/mol. The van der Waals surface area contributed by atoms with Crippen molar-refractivity contribution in [2.75, 3.05) is 7.11 Å². The van der Waals surface area contributed by atoms with Gasteiger partial charge in [0.1, 0.15) is 11.5 Å². The minimum atomic E-state index is -0.425. The largest absolute Gasteiger partial charge is 0.496 e. The molecule has 3 heteroatoms. The molecule has 0 fully saturated rings. The Morgan fingerprint density at radius 1 is 1.17 bits per heavy atom. The summed E-state index contributed by atoms with van der Waals surface area (Å²) in [4.78, 5) is 11.9. The molecule has 0 spiro atoms. The molecule has 2 bridgehead atoms. The van der Waals surface area contributed by atoms with Crippen molar-refractivity contribution in [2.24, 2.45) is 0 Å². The van der Waals surface area contributed by atoms with E-state index in [0.29, 0.717) is 17.6 Å². The standard InChI is InChI=1S/C20H18O3/c1-4-16(21)23-20-14-8-5-11(2)9-15(14)19(22-3)17-12-6-7-13(10-12)18(17)20/h4-9,12-13H,1,10H2,2-3H3. The maximum atomic E-state index is 11.9. The maximum absolute atomic E-state index is 11.9. The van der Waals surface area contributed by atoms with Crippen LogP contribution in [0.25, 0.3) is 10.8 Å². The van der Waals surface area contributed by atoms with Gasteiger partial charge < -0.3 is 9.47 Å². The number of esters is 1. The van der Waals surface area contributed by atoms with Crippen molar-refractivity contribution in [2.45, 2.75) is 25.2 Å². The highest BCUT2D eigenvalue weighted by atomic mass is 16.5. The van der Waals surface area contributed by atoms with Crippen molar-refractivity contribution in [1.82, 2.24) is 0 Å². The van der Waals surface area contributed by atoms with Gasteiger partial charge in [-0.1, -0.05) is 36.4 Å². The fraction of sp³-hybridized carbons (Fsp3) is 0.250. The van der Waals surface area contributed by atoms with Crippen LogP contribution in [0.2, 0.25) is 0 Å². The number of ether oxygens (including phenoxy) is 2. The van der Waals surface area contributed by atoms with E-state index in [1.165, 1.54) is 11.6 Å². The number of hydrogen-bond donors (Lipinski definition) is 0. The number of fused-ring (bicyclic) bond motifs is 6. The number of methoxy groups -OCH3 is 1. The van der Waals surface area contributed by atoms with Gasteiger partial charge in [0.05, 0.1) is 7.11 Å². The van der Waals surface area contributed by atoms with E-state index in [0.717, 1.165) is 34.1 Å². The number of carbonyl (C=O) groups excluding carboxylic acids is 1. The molecule has 2 unspecified atom stereocenters. The van der Waals surface area contributed by atoms with E-state index in [2.05, 4.69) is 24.8 Å². The average Bonchev–Trinajstić information content (AvgIpc) is 3.16. The number of benzene rings is 2. The van der Waals surface area contributed by atoms with E-state index in [9.17, 15) is 4.79 Å². The Morgan fingerprint density at radius 3 is 2.52 bits per heavy atom. The molecule has 0 radical (unpaired) electrons. The molecule has 2 aromatic rings. The Balaban J connectivity index is 2.09. The lowest BCUT2D eigenvalue weighted by Crippen LogP contribution is -2.09. The van der Waals surface area contributed by atoms with Crippen LogP contribution in [0.1, 0.15) is 34.9 Å². The number of carbonyl (C=O) groups is 1. The van der Waals surface area contributed by atoms with Crippen molar-refractivity contribution in [3.05, 3.63) is 59.7 Å². The summed E-state index contributed by atoms with van der Waals surface area (Å²) < 4.78 is 11.4. The second-order valence-electron chi connectivity index (χ2n) is 6.20. The van der Waals surface area contributed by atoms with E-state index >= 15 is 0 Å². The van der Waals surface area contributed by atoms with Crippen molar-refractivity contribution >= 4 is 16.7 Å². The third-order valence-electron chi connectivity index (χ3n) is 4.84. The molecule has 23 heavy (non-hydrogen) atoms. The number of allylic oxidation sites excluding steroid dienone is 2. The lowest BCUT2D eigenvalue weighted by Gasteiger charge is -2.21. The van der Waals surface area contributed by atoms with Gasteiger partial charge in [-0.3, -0.25) is 0 Å². The fourth-order valence-corrected chi connectivity index (χ4v) is 3.91. The lowest BCUT2D eigenvalue weighted by molar-refractivity contribution is -0.128. The lowest BCUT2D eigenvalue weighted by atomic mass is 9.90. The van der Waals surface area contributed by atoms with E-state index in [1.807, 2.05) is 19.1 Å². The zero-order valence-corrected chi connectivity index (χ0v) is 13.3. The molecule has 3 nitrogen and oxygen atoms in total. The Bertz CT molecular complexity index is 876. The van der Waals surface area contributed by atoms with Crippen LogP contribution in [0.5, 0.6) is 11.5 Å². The summed E-state index contributed by atoms with van der Waals surface area (Å²) in [7, 11) is 1.71. The Kier molecular flexibility index (Phi) is 3.05. The van der Waals surface area contributed by atoms with E-state index < -0.39 is 5.97 Å². The molecule has 116 valence electrons. The first-order valence-electron chi connectivity index (χ1n) is 7.80. The van der Waals surface area contributed by atoms with Gasteiger partial charge in [-0.25, -0.2) is 4.79 Å². The highest BCUT2D eigenvalue weighted by Gasteiger charge is 2.39. The summed E-state index contributed by atoms with van der Waals surface area (Å²) in [6, 6.07) is 6.13. The monoisotopic (exact) mass is 306 g/mol. The summed E-state index contributed by atoms with van der Waals surface area (Å²) in [5, 5.41) is 1.92. The number of aryl methyl sites for hydroxylation is 1. The number of hydrogen-bond acceptors (Lipinski definition) is 3. The van der Waals surface area contributed by atoms with E-state index in [-0.39, 0.29) is 0 Å². The van der Waals surface area contributed by atoms with E-state index in [1.54, 1.807) is 7.11 Å². The zero-order valence-electron chi connectivity index (χ0n) is 13.3. The van der Waals surface area contributed by atoms with Gasteiger partial charge in [-0.15, -0.1) is 0 Å². The van der Waals surface area contributed by atoms with Crippen molar-refractivity contribution in [1.29, 1.82) is 0 Å². The second kappa shape index (κ2) is 4.98. The first-order chi connectivity index (χ1) is 11.1. The summed E-state index contributed by atoms with van der Waals surface area (Å²) in [6.45, 7) is 5.56. The smallest absolute Gasteiger partial charge is 0.335 e. The molecule has 0 amide bonds. The topological polar surface area (TPSA) is 35.5 Å². The SMILES string of the molecule is C=CC(=O)Oc1c2c(c(OC)c3cc(C)ccc13)C1C=CC2C1. The van der Waals surface area contributed by atoms with Gasteiger partial charge >= 0.3 is 5.97 Å². The molecule has 0 saturated heterocycles. The predicted molar refractivity (Wildman–Crippen MR) is 90.3 cm³/mol. The van der Waals surface area contributed by atoms with Gasteiger partial charge in [-0.2, -0.15) is 0 Å². The Hall–Kier alpha value is -2.55. The molecule has 2 aliphatic carbocycles. The minimum absolute atomic E-state index is 0.294. The van der Waals surface area contributed by atoms with Crippen LogP contribution >= 0.6 is 0 Å². The molecule has 0 aliphatic heterocycles. The summed E-state index contributed by atoms with van der Waals surface area (Å²) >= 11 is 0. The maximum Gasteiger partial charge on any atom is 0.335 e. The summed E-state index contributed by atoms with van der Waals surface area (Å²) in [5.41, 5.74) is 3.42. The van der Waals surface area contributed by atoms with Gasteiger partial charge in [0.25, 0.3) is 0 Å². The second-order valence-corrected chi connectivity index (χ2v) is 6.20. The van der Waals surface area contributed by atoms with Crippen molar-refractivity contribution in [3.63, 3.8) is 0 Å². The van der Waals surface area contributed by atoms with Crippen LogP contribution < -0.4 is 9.47 Å². The molecule has 2 atom stereocenters. The predicted octanol–water partition coefficient (Wildman–Crippen LogP) is 4.39. The van der Waals surface area contributed by atoms with Crippen molar-refractivity contribution < 1.29 is 14.3 Å². The van der Waals surface area contributed by atoms with Crippen LogP contribution in [0.15, 0.2) is 43.0 Å². The van der Waals surface area contributed by atoms with Crippen molar-refractivity contribution in [3.8, 4) is 11.5 Å². The highest BCUT2D eigenvalue weighted by Crippen LogP contribution is 2.58. The first kappa shape index (κ1) is 14.1. The third kappa shape index (κ3) is 1.93. The molecular formula is C20H18O3. The molecule has 0 heterocycles. The van der Waals surface area contributed by atoms with Gasteiger partial charge in [0, 0.05) is 39.8 Å². The van der Waals surface area contributed by atoms with Crippen LogP contribution in [0.4, 0.5) is 0 Å². The first-order valence-corrected chi connectivity index (χ1v) is 7.80. The molecular weight excluding hydrogens is 288 g/mol.